The van der Waals surface area contributed by atoms with E-state index >= 15 is 0 Å². The van der Waals surface area contributed by atoms with Gasteiger partial charge in [0, 0.05) is 27.3 Å². The van der Waals surface area contributed by atoms with Gasteiger partial charge in [0.05, 0.1) is 0 Å². The number of carboxylic acid groups (broad SMARTS) is 1. The number of alkyl halides is 2. The van der Waals surface area contributed by atoms with Gasteiger partial charge in [0.25, 0.3) is 0 Å². The molecule has 0 saturated heterocycles. The Hall–Kier alpha value is 0.972. The first-order valence-electron chi connectivity index (χ1n) is 1.15. The predicted octanol–water partition coefficient (Wildman–Crippen LogP) is 0.494. The van der Waals surface area contributed by atoms with Crippen LogP contribution in [0.3, 0.4) is 0 Å². The molecule has 0 saturated carbocycles. The van der Waals surface area contributed by atoms with Crippen molar-refractivity contribution in [2.75, 3.05) is 0 Å². The zero-order chi connectivity index (χ0) is 5.15. The second-order valence-corrected chi connectivity index (χ2v) is 1.74. The Morgan fingerprint density at radius 1 is 1.57 bits per heavy atom. The minimum atomic E-state index is -1.29. The zero-order valence-corrected chi connectivity index (χ0v) is 8.59. The molecule has 0 heterocycles. The molecule has 0 amide bonds. The van der Waals surface area contributed by atoms with Crippen LogP contribution in [0.2, 0.25) is 0 Å². The molecule has 0 aliphatic carbocycles. The smallest absolute Gasteiger partial charge is 0.337 e. The third-order valence-corrected chi connectivity index (χ3v) is 0.560. The Morgan fingerprint density at radius 3 is 1.71 bits per heavy atom. The van der Waals surface area contributed by atoms with Crippen molar-refractivity contribution in [2.45, 2.75) is 4.84 Å². The van der Waals surface area contributed by atoms with Crippen LogP contribution in [0.15, 0.2) is 0 Å². The minimum absolute atomic E-state index is 0. The predicted molar refractivity (Wildman–Crippen MR) is 28.9 cm³/mol. The van der Waals surface area contributed by atoms with E-state index in [1.807, 2.05) is 0 Å². The number of carboxylic acids is 1. The van der Waals surface area contributed by atoms with Crippen LogP contribution in [-0.4, -0.2) is 43.2 Å². The molecule has 0 aliphatic rings. The summed E-state index contributed by atoms with van der Waals surface area (Å²) in [6.07, 6.45) is 0. The van der Waals surface area contributed by atoms with E-state index in [0.717, 1.165) is 0 Å². The molecule has 0 rings (SSSR count). The van der Waals surface area contributed by atoms with Crippen LogP contribution in [0, 0.1) is 0 Å². The molecule has 0 spiro atoms. The maximum absolute atomic E-state index is 9.44. The van der Waals surface area contributed by atoms with Gasteiger partial charge in [-0.2, -0.15) is 0 Å². The molecule has 7 heavy (non-hydrogen) atoms. The van der Waals surface area contributed by atoms with Crippen LogP contribution in [0.5, 0.6) is 0 Å². The molecule has 0 aliphatic heterocycles. The van der Waals surface area contributed by atoms with Gasteiger partial charge in [-0.15, -0.1) is 0 Å². The molecule has 4 radical (unpaired) electrons. The molecule has 0 aromatic heterocycles. The van der Waals surface area contributed by atoms with E-state index in [-0.39, 0.29) is 27.3 Å². The van der Waals surface area contributed by atoms with E-state index < -0.39 is 10.8 Å². The molecule has 2 nitrogen and oxygen atoms in total. The molecular formula is C2H2Cl2O2Pb. The van der Waals surface area contributed by atoms with E-state index in [2.05, 4.69) is 0 Å². The summed E-state index contributed by atoms with van der Waals surface area (Å²) < 4.78 is 0. The van der Waals surface area contributed by atoms with Gasteiger partial charge < -0.3 is 5.11 Å². The van der Waals surface area contributed by atoms with Crippen LogP contribution < -0.4 is 0 Å². The Bertz CT molecular complexity index is 64.7. The van der Waals surface area contributed by atoms with Crippen LogP contribution in [0.4, 0.5) is 0 Å². The molecule has 0 bridgehead atoms. The third kappa shape index (κ3) is 6.97. The Labute approximate surface area is 70.9 Å². The summed E-state index contributed by atoms with van der Waals surface area (Å²) in [4.78, 5) is 8.15. The molecule has 0 fully saturated rings. The van der Waals surface area contributed by atoms with Gasteiger partial charge in [0.15, 0.2) is 0 Å². The van der Waals surface area contributed by atoms with Crippen molar-refractivity contribution in [2.24, 2.45) is 0 Å². The quantitative estimate of drug-likeness (QED) is 0.559. The zero-order valence-electron chi connectivity index (χ0n) is 3.19. The van der Waals surface area contributed by atoms with Gasteiger partial charge in [-0.05, 0) is 0 Å². The monoisotopic (exact) mass is 336 g/mol. The van der Waals surface area contributed by atoms with Gasteiger partial charge in [-0.25, -0.2) is 4.79 Å². The van der Waals surface area contributed by atoms with Crippen molar-refractivity contribution in [1.29, 1.82) is 0 Å². The number of hydrogen-bond acceptors (Lipinski definition) is 1. The second-order valence-electron chi connectivity index (χ2n) is 0.639. The third-order valence-electron chi connectivity index (χ3n) is 0.187. The standard InChI is InChI=1S/C2H2Cl2O2.Pb/c3-1(4)2(5)6;/h1H,(H,5,6);. The first-order chi connectivity index (χ1) is 2.64. The molecule has 0 unspecified atom stereocenters. The van der Waals surface area contributed by atoms with E-state index in [1.54, 1.807) is 0 Å². The molecule has 0 aromatic rings. The van der Waals surface area contributed by atoms with Crippen molar-refractivity contribution in [1.82, 2.24) is 0 Å². The normalized spacial score (nSPS) is 7.86. The van der Waals surface area contributed by atoms with Crippen molar-refractivity contribution in [3.05, 3.63) is 0 Å². The fourth-order valence-corrected chi connectivity index (χ4v) is 0. The van der Waals surface area contributed by atoms with Gasteiger partial charge in [0.1, 0.15) is 0 Å². The summed E-state index contributed by atoms with van der Waals surface area (Å²) in [7, 11) is 0. The Morgan fingerprint density at radius 2 is 1.71 bits per heavy atom. The number of halogens is 2. The van der Waals surface area contributed by atoms with Gasteiger partial charge in [-0.3, -0.25) is 0 Å². The summed E-state index contributed by atoms with van der Waals surface area (Å²) in [6.45, 7) is 0. The SMILES string of the molecule is O=C(O)C(Cl)Cl.[Pb]. The molecule has 0 atom stereocenters. The average Bonchev–Trinajstić information content (AvgIpc) is 1.36. The van der Waals surface area contributed by atoms with Gasteiger partial charge in [-0.1, -0.05) is 23.2 Å². The van der Waals surface area contributed by atoms with Crippen molar-refractivity contribution >= 4 is 56.5 Å². The largest absolute Gasteiger partial charge is 0.479 e. The average molecular weight is 336 g/mol. The molecule has 40 valence electrons. The van der Waals surface area contributed by atoms with Crippen molar-refractivity contribution in [3.8, 4) is 0 Å². The molecule has 5 heteroatoms. The maximum atomic E-state index is 9.44. The summed E-state index contributed by atoms with van der Waals surface area (Å²) >= 11 is 9.56. The fraction of sp³-hybridized carbons (Fsp3) is 0.500. The van der Waals surface area contributed by atoms with Crippen LogP contribution in [-0.2, 0) is 4.79 Å². The summed E-state index contributed by atoms with van der Waals surface area (Å²) in [5, 5.41) is 7.73. The first-order valence-corrected chi connectivity index (χ1v) is 2.03. The fourth-order valence-electron chi connectivity index (χ4n) is 0. The van der Waals surface area contributed by atoms with Crippen LogP contribution in [0.25, 0.3) is 0 Å². The Kier molecular flexibility index (Phi) is 7.94. The van der Waals surface area contributed by atoms with E-state index in [9.17, 15) is 4.79 Å². The number of rotatable bonds is 1. The summed E-state index contributed by atoms with van der Waals surface area (Å²) in [6, 6.07) is 0. The second kappa shape index (κ2) is 5.12. The molecule has 0 aromatic carbocycles. The van der Waals surface area contributed by atoms with E-state index in [1.165, 1.54) is 0 Å². The topological polar surface area (TPSA) is 37.3 Å². The van der Waals surface area contributed by atoms with E-state index in [4.69, 9.17) is 28.3 Å². The van der Waals surface area contributed by atoms with Crippen molar-refractivity contribution < 1.29 is 9.90 Å². The van der Waals surface area contributed by atoms with Crippen LogP contribution in [0.1, 0.15) is 0 Å². The molecular weight excluding hydrogens is 334 g/mol. The van der Waals surface area contributed by atoms with Crippen molar-refractivity contribution in [3.63, 3.8) is 0 Å². The number of aliphatic carboxylic acids is 1. The summed E-state index contributed by atoms with van der Waals surface area (Å²) in [5.41, 5.74) is 0. The maximum Gasteiger partial charge on any atom is 0.337 e. The number of carbonyl (C=O) groups is 1. The first kappa shape index (κ1) is 10.9. The van der Waals surface area contributed by atoms with Crippen LogP contribution >= 0.6 is 23.2 Å². The summed E-state index contributed by atoms with van der Waals surface area (Å²) in [5.74, 6) is -1.21. The number of hydrogen-bond donors (Lipinski definition) is 1. The Balaban J connectivity index is 0. The molecule has 1 N–H and O–H groups in total. The van der Waals surface area contributed by atoms with Gasteiger partial charge in [0.2, 0.25) is 4.84 Å². The minimum Gasteiger partial charge on any atom is -0.479 e. The van der Waals surface area contributed by atoms with Gasteiger partial charge >= 0.3 is 5.97 Å². The van der Waals surface area contributed by atoms with E-state index in [0.29, 0.717) is 0 Å².